The average Bonchev–Trinajstić information content (AvgIpc) is 2.65. The van der Waals surface area contributed by atoms with E-state index >= 15 is 0 Å². The first-order valence-corrected chi connectivity index (χ1v) is 8.96. The number of sulfone groups is 1. The van der Waals surface area contributed by atoms with Crippen molar-refractivity contribution in [1.82, 2.24) is 0 Å². The Morgan fingerprint density at radius 3 is 2.60 bits per heavy atom. The molecule has 2 aromatic rings. The van der Waals surface area contributed by atoms with Crippen molar-refractivity contribution in [2.45, 2.75) is 4.90 Å². The number of fused-ring (bicyclic) bond motifs is 1. The third-order valence-corrected chi connectivity index (χ3v) is 5.42. The molecule has 0 fully saturated rings. The van der Waals surface area contributed by atoms with Crippen LogP contribution in [0.15, 0.2) is 70.0 Å². The van der Waals surface area contributed by atoms with Crippen LogP contribution in [-0.4, -0.2) is 22.1 Å². The van der Waals surface area contributed by atoms with Crippen molar-refractivity contribution in [3.63, 3.8) is 0 Å². The number of para-hydroxylation sites is 1. The molecule has 3 rings (SSSR count). The van der Waals surface area contributed by atoms with Crippen molar-refractivity contribution >= 4 is 15.9 Å². The van der Waals surface area contributed by atoms with Gasteiger partial charge in [0.25, 0.3) is 0 Å². The summed E-state index contributed by atoms with van der Waals surface area (Å²) in [4.78, 5) is -0.286. The molecule has 0 unspecified atom stereocenters. The normalized spacial score (nSPS) is 13.9. The first-order valence-electron chi connectivity index (χ1n) is 7.48. The van der Waals surface area contributed by atoms with E-state index in [1.165, 1.54) is 25.3 Å². The summed E-state index contributed by atoms with van der Waals surface area (Å²) < 4.78 is 36.0. The maximum Gasteiger partial charge on any atom is 0.216 e. The molecule has 1 aliphatic heterocycles. The molecule has 0 aliphatic carbocycles. The van der Waals surface area contributed by atoms with Gasteiger partial charge in [0, 0.05) is 5.56 Å². The maximum atomic E-state index is 12.7. The molecule has 0 spiro atoms. The van der Waals surface area contributed by atoms with Gasteiger partial charge in [0.1, 0.15) is 29.1 Å². The third kappa shape index (κ3) is 3.42. The van der Waals surface area contributed by atoms with Gasteiger partial charge in [-0.05, 0) is 48.1 Å². The fourth-order valence-electron chi connectivity index (χ4n) is 2.44. The minimum Gasteiger partial charge on any atom is -0.497 e. The molecule has 0 saturated heterocycles. The number of ether oxygens (including phenoxy) is 2. The molecule has 6 heteroatoms. The van der Waals surface area contributed by atoms with Crippen LogP contribution in [0.25, 0.3) is 6.08 Å². The summed E-state index contributed by atoms with van der Waals surface area (Å²) in [6.45, 7) is 0.209. The standard InChI is InChI=1S/C19H15NO4S/c1-23-16-6-8-17(9-7-16)25(21,22)18(12-20)11-14-10-15-4-2-3-5-19(15)24-13-14/h2-11H,13H2,1H3/b18-11+. The van der Waals surface area contributed by atoms with E-state index in [1.807, 2.05) is 30.3 Å². The minimum absolute atomic E-state index is 0.0406. The Labute approximate surface area is 146 Å². The molecule has 0 aromatic heterocycles. The number of nitrogens with zero attached hydrogens (tertiary/aromatic N) is 1. The Hall–Kier alpha value is -3.04. The predicted molar refractivity (Wildman–Crippen MR) is 93.8 cm³/mol. The highest BCUT2D eigenvalue weighted by molar-refractivity contribution is 7.95. The molecule has 0 amide bonds. The van der Waals surface area contributed by atoms with Crippen molar-refractivity contribution in [3.8, 4) is 17.6 Å². The fraction of sp³-hybridized carbons (Fsp3) is 0.105. The van der Waals surface area contributed by atoms with Gasteiger partial charge in [-0.25, -0.2) is 8.42 Å². The highest BCUT2D eigenvalue weighted by Crippen LogP contribution is 2.28. The summed E-state index contributed by atoms with van der Waals surface area (Å²) >= 11 is 0. The van der Waals surface area contributed by atoms with E-state index in [4.69, 9.17) is 9.47 Å². The molecule has 0 atom stereocenters. The van der Waals surface area contributed by atoms with Crippen molar-refractivity contribution in [1.29, 1.82) is 5.26 Å². The number of methoxy groups -OCH3 is 1. The molecular weight excluding hydrogens is 338 g/mol. The zero-order valence-electron chi connectivity index (χ0n) is 13.5. The second-order valence-electron chi connectivity index (χ2n) is 5.35. The molecule has 25 heavy (non-hydrogen) atoms. The Morgan fingerprint density at radius 1 is 1.20 bits per heavy atom. The molecule has 2 aromatic carbocycles. The second kappa shape index (κ2) is 6.83. The van der Waals surface area contributed by atoms with Crippen LogP contribution in [0.4, 0.5) is 0 Å². The van der Waals surface area contributed by atoms with Gasteiger partial charge < -0.3 is 9.47 Å². The van der Waals surface area contributed by atoms with E-state index in [-0.39, 0.29) is 16.4 Å². The molecule has 0 radical (unpaired) electrons. The Kier molecular flexibility index (Phi) is 4.59. The highest BCUT2D eigenvalue weighted by Gasteiger charge is 2.22. The lowest BCUT2D eigenvalue weighted by Crippen LogP contribution is -2.09. The first kappa shape index (κ1) is 16.8. The van der Waals surface area contributed by atoms with Gasteiger partial charge in [-0.3, -0.25) is 0 Å². The zero-order valence-corrected chi connectivity index (χ0v) is 14.3. The van der Waals surface area contributed by atoms with Crippen LogP contribution in [0.2, 0.25) is 0 Å². The molecular formula is C19H15NO4S. The maximum absolute atomic E-state index is 12.7. The summed E-state index contributed by atoms with van der Waals surface area (Å²) in [5.74, 6) is 1.28. The number of benzene rings is 2. The largest absolute Gasteiger partial charge is 0.497 e. The van der Waals surface area contributed by atoms with E-state index < -0.39 is 9.84 Å². The highest BCUT2D eigenvalue weighted by atomic mass is 32.2. The van der Waals surface area contributed by atoms with Crippen LogP contribution in [0.5, 0.6) is 11.5 Å². The molecule has 126 valence electrons. The van der Waals surface area contributed by atoms with E-state index in [0.29, 0.717) is 11.3 Å². The molecule has 1 aliphatic rings. The average molecular weight is 353 g/mol. The first-order chi connectivity index (χ1) is 12.0. The second-order valence-corrected chi connectivity index (χ2v) is 7.26. The van der Waals surface area contributed by atoms with Gasteiger partial charge in [0.15, 0.2) is 0 Å². The molecule has 0 bridgehead atoms. The van der Waals surface area contributed by atoms with Crippen LogP contribution >= 0.6 is 0 Å². The SMILES string of the molecule is COc1ccc(S(=O)(=O)/C(C#N)=C/C2=Cc3ccccc3OC2)cc1. The van der Waals surface area contributed by atoms with E-state index in [9.17, 15) is 13.7 Å². The van der Waals surface area contributed by atoms with Crippen LogP contribution < -0.4 is 9.47 Å². The zero-order chi connectivity index (χ0) is 17.9. The van der Waals surface area contributed by atoms with Gasteiger partial charge in [-0.2, -0.15) is 5.26 Å². The number of hydrogen-bond acceptors (Lipinski definition) is 5. The quantitative estimate of drug-likeness (QED) is 0.788. The summed E-state index contributed by atoms with van der Waals surface area (Å²) in [6, 6.07) is 15.1. The van der Waals surface area contributed by atoms with Crippen molar-refractivity contribution in [2.24, 2.45) is 0 Å². The lowest BCUT2D eigenvalue weighted by Gasteiger charge is -2.16. The van der Waals surface area contributed by atoms with Crippen LogP contribution in [0.1, 0.15) is 5.56 Å². The van der Waals surface area contributed by atoms with E-state index in [0.717, 1.165) is 11.3 Å². The van der Waals surface area contributed by atoms with Gasteiger partial charge >= 0.3 is 0 Å². The summed E-state index contributed by atoms with van der Waals surface area (Å²) in [7, 11) is -2.41. The fourth-order valence-corrected chi connectivity index (χ4v) is 3.61. The van der Waals surface area contributed by atoms with E-state index in [1.54, 1.807) is 18.2 Å². The van der Waals surface area contributed by atoms with Crippen molar-refractivity contribution < 1.29 is 17.9 Å². The minimum atomic E-state index is -3.90. The van der Waals surface area contributed by atoms with E-state index in [2.05, 4.69) is 0 Å². The van der Waals surface area contributed by atoms with Gasteiger partial charge in [0.2, 0.25) is 9.84 Å². The molecule has 0 saturated carbocycles. The third-order valence-electron chi connectivity index (χ3n) is 3.74. The summed E-state index contributed by atoms with van der Waals surface area (Å²) in [6.07, 6.45) is 3.18. The Morgan fingerprint density at radius 2 is 1.92 bits per heavy atom. The smallest absolute Gasteiger partial charge is 0.216 e. The van der Waals surface area contributed by atoms with Crippen LogP contribution in [0, 0.1) is 11.3 Å². The molecule has 5 nitrogen and oxygen atoms in total. The number of allylic oxidation sites excluding steroid dienone is 1. The number of nitriles is 1. The van der Waals surface area contributed by atoms with Gasteiger partial charge in [-0.15, -0.1) is 0 Å². The van der Waals surface area contributed by atoms with Gasteiger partial charge in [-0.1, -0.05) is 18.2 Å². The molecule has 1 heterocycles. The number of hydrogen-bond donors (Lipinski definition) is 0. The Balaban J connectivity index is 1.98. The lowest BCUT2D eigenvalue weighted by atomic mass is 10.1. The molecule has 0 N–H and O–H groups in total. The monoisotopic (exact) mass is 353 g/mol. The van der Waals surface area contributed by atoms with Gasteiger partial charge in [0.05, 0.1) is 12.0 Å². The topological polar surface area (TPSA) is 76.4 Å². The number of rotatable bonds is 4. The summed E-state index contributed by atoms with van der Waals surface area (Å²) in [5, 5.41) is 9.36. The lowest BCUT2D eigenvalue weighted by molar-refractivity contribution is 0.351. The van der Waals surface area contributed by atoms with Crippen LogP contribution in [-0.2, 0) is 9.84 Å². The van der Waals surface area contributed by atoms with Crippen molar-refractivity contribution in [2.75, 3.05) is 13.7 Å². The van der Waals surface area contributed by atoms with Crippen LogP contribution in [0.3, 0.4) is 0 Å². The van der Waals surface area contributed by atoms with Crippen molar-refractivity contribution in [3.05, 3.63) is 70.6 Å². The summed E-state index contributed by atoms with van der Waals surface area (Å²) in [5.41, 5.74) is 1.46. The Bertz CT molecular complexity index is 996. The predicted octanol–water partition coefficient (Wildman–Crippen LogP) is 3.35.